The minimum Gasteiger partial charge on any atom is -0.389 e. The van der Waals surface area contributed by atoms with Crippen LogP contribution < -0.4 is 5.73 Å². The Balaban J connectivity index is 1.36. The molecule has 0 atom stereocenters. The molecule has 7 heteroatoms. The standard InChI is InChI=1S/C29H26ClN5O/c1-17-24(30)27-32-14-20-13-23(18-5-3-2-4-6-18)25(33-26(20)35(27)34-17)19-7-9-21(10-8-19)28(31)15-29(36,16-28)22-11-12-22/h2-10,13-14,22,36H,11-12,15-16,31H2,1H3. The lowest BCUT2D eigenvalue weighted by Gasteiger charge is -2.52. The quantitative estimate of drug-likeness (QED) is 0.335. The molecule has 2 saturated carbocycles. The van der Waals surface area contributed by atoms with E-state index >= 15 is 0 Å². The average Bonchev–Trinajstić information content (AvgIpc) is 3.70. The van der Waals surface area contributed by atoms with Crippen LogP contribution in [0.15, 0.2) is 66.9 Å². The van der Waals surface area contributed by atoms with Crippen molar-refractivity contribution in [3.8, 4) is 22.4 Å². The first kappa shape index (κ1) is 21.9. The van der Waals surface area contributed by atoms with Crippen molar-refractivity contribution in [3.05, 3.63) is 83.1 Å². The van der Waals surface area contributed by atoms with Crippen molar-refractivity contribution in [1.29, 1.82) is 0 Å². The van der Waals surface area contributed by atoms with E-state index in [-0.39, 0.29) is 0 Å². The average molecular weight is 496 g/mol. The van der Waals surface area contributed by atoms with Gasteiger partial charge >= 0.3 is 0 Å². The van der Waals surface area contributed by atoms with E-state index in [0.717, 1.165) is 51.9 Å². The predicted octanol–water partition coefficient (Wildman–Crippen LogP) is 5.66. The molecule has 0 amide bonds. The summed E-state index contributed by atoms with van der Waals surface area (Å²) in [6.45, 7) is 1.87. The number of rotatable bonds is 4. The number of aryl methyl sites for hydroxylation is 1. The zero-order valence-corrected chi connectivity index (χ0v) is 20.7. The molecule has 2 aromatic carbocycles. The molecule has 2 aliphatic carbocycles. The Morgan fingerprint density at radius 2 is 1.72 bits per heavy atom. The van der Waals surface area contributed by atoms with Crippen molar-refractivity contribution in [1.82, 2.24) is 19.6 Å². The second-order valence-electron chi connectivity index (χ2n) is 10.5. The summed E-state index contributed by atoms with van der Waals surface area (Å²) < 4.78 is 1.72. The van der Waals surface area contributed by atoms with Crippen molar-refractivity contribution in [2.45, 2.75) is 43.7 Å². The zero-order chi connectivity index (χ0) is 24.7. The van der Waals surface area contributed by atoms with Crippen molar-refractivity contribution in [2.75, 3.05) is 0 Å². The summed E-state index contributed by atoms with van der Waals surface area (Å²) in [6.07, 6.45) is 5.28. The Hall–Kier alpha value is -3.32. The van der Waals surface area contributed by atoms with Crippen LogP contribution in [0, 0.1) is 12.8 Å². The number of aliphatic hydroxyl groups is 1. The van der Waals surface area contributed by atoms with Gasteiger partial charge in [-0.3, -0.25) is 0 Å². The van der Waals surface area contributed by atoms with Gasteiger partial charge in [0.1, 0.15) is 5.02 Å². The zero-order valence-electron chi connectivity index (χ0n) is 19.9. The van der Waals surface area contributed by atoms with Gasteiger partial charge in [-0.1, -0.05) is 66.2 Å². The lowest BCUT2D eigenvalue weighted by Crippen LogP contribution is -2.60. The maximum atomic E-state index is 10.8. The van der Waals surface area contributed by atoms with Crippen LogP contribution in [0.2, 0.25) is 5.02 Å². The van der Waals surface area contributed by atoms with Crippen molar-refractivity contribution in [2.24, 2.45) is 11.7 Å². The van der Waals surface area contributed by atoms with Gasteiger partial charge in [0.05, 0.1) is 17.0 Å². The molecule has 3 aromatic heterocycles. The number of nitrogens with two attached hydrogens (primary N) is 1. The Morgan fingerprint density at radius 3 is 2.42 bits per heavy atom. The van der Waals surface area contributed by atoms with Gasteiger partial charge in [-0.25, -0.2) is 9.97 Å². The molecule has 7 rings (SSSR count). The summed E-state index contributed by atoms with van der Waals surface area (Å²) in [5.74, 6) is 0.425. The highest BCUT2D eigenvalue weighted by atomic mass is 35.5. The minimum absolute atomic E-state index is 0.425. The van der Waals surface area contributed by atoms with Crippen LogP contribution in [0.25, 0.3) is 39.1 Å². The van der Waals surface area contributed by atoms with Crippen LogP contribution in [-0.2, 0) is 5.54 Å². The molecular formula is C29H26ClN5O. The highest BCUT2D eigenvalue weighted by Crippen LogP contribution is 2.57. The second-order valence-corrected chi connectivity index (χ2v) is 10.9. The van der Waals surface area contributed by atoms with Gasteiger partial charge in [0.25, 0.3) is 0 Å². The maximum Gasteiger partial charge on any atom is 0.176 e. The summed E-state index contributed by atoms with van der Waals surface area (Å²) in [5, 5.41) is 16.9. The molecule has 3 heterocycles. The second kappa shape index (κ2) is 7.59. The molecule has 180 valence electrons. The van der Waals surface area contributed by atoms with Gasteiger partial charge < -0.3 is 10.8 Å². The fraction of sp³-hybridized carbons (Fsp3) is 0.276. The minimum atomic E-state index is -0.587. The first-order chi connectivity index (χ1) is 17.3. The fourth-order valence-corrected chi connectivity index (χ4v) is 6.01. The van der Waals surface area contributed by atoms with E-state index in [2.05, 4.69) is 52.5 Å². The summed E-state index contributed by atoms with van der Waals surface area (Å²) in [6, 6.07) is 20.7. The van der Waals surface area contributed by atoms with Crippen molar-refractivity contribution >= 4 is 28.3 Å². The summed E-state index contributed by atoms with van der Waals surface area (Å²) >= 11 is 6.45. The highest BCUT2D eigenvalue weighted by molar-refractivity contribution is 6.34. The van der Waals surface area contributed by atoms with E-state index in [4.69, 9.17) is 22.3 Å². The van der Waals surface area contributed by atoms with Gasteiger partial charge in [0.15, 0.2) is 11.3 Å². The van der Waals surface area contributed by atoms with Crippen molar-refractivity contribution < 1.29 is 5.11 Å². The molecule has 6 nitrogen and oxygen atoms in total. The third-order valence-corrected chi connectivity index (χ3v) is 8.36. The molecule has 2 aliphatic rings. The first-order valence-corrected chi connectivity index (χ1v) is 12.7. The van der Waals surface area contributed by atoms with E-state index in [1.54, 1.807) is 10.7 Å². The third kappa shape index (κ3) is 3.29. The molecule has 0 radical (unpaired) electrons. The van der Waals surface area contributed by atoms with Crippen LogP contribution in [0.4, 0.5) is 0 Å². The lowest BCUT2D eigenvalue weighted by molar-refractivity contribution is -0.106. The van der Waals surface area contributed by atoms with Crippen molar-refractivity contribution in [3.63, 3.8) is 0 Å². The number of nitrogens with zero attached hydrogens (tertiary/aromatic N) is 4. The largest absolute Gasteiger partial charge is 0.389 e. The van der Waals surface area contributed by atoms with Crippen LogP contribution >= 0.6 is 11.6 Å². The van der Waals surface area contributed by atoms with Crippen LogP contribution in [-0.4, -0.2) is 30.3 Å². The molecule has 0 spiro atoms. The number of hydrogen-bond donors (Lipinski definition) is 2. The smallest absolute Gasteiger partial charge is 0.176 e. The fourth-order valence-electron chi connectivity index (χ4n) is 5.84. The lowest BCUT2D eigenvalue weighted by atomic mass is 9.60. The summed E-state index contributed by atoms with van der Waals surface area (Å²) in [4.78, 5) is 9.66. The maximum absolute atomic E-state index is 10.8. The van der Waals surface area contributed by atoms with E-state index in [1.165, 1.54) is 0 Å². The van der Waals surface area contributed by atoms with Crippen LogP contribution in [0.1, 0.15) is 36.9 Å². The van der Waals surface area contributed by atoms with Gasteiger partial charge in [-0.15, -0.1) is 0 Å². The number of hydrogen-bond acceptors (Lipinski definition) is 5. The van der Waals surface area contributed by atoms with Crippen LogP contribution in [0.5, 0.6) is 0 Å². The number of halogens is 1. The van der Waals surface area contributed by atoms with E-state index in [9.17, 15) is 5.11 Å². The predicted molar refractivity (Wildman–Crippen MR) is 142 cm³/mol. The molecule has 0 bridgehead atoms. The molecular weight excluding hydrogens is 470 g/mol. The Kier molecular flexibility index (Phi) is 4.62. The van der Waals surface area contributed by atoms with Crippen LogP contribution in [0.3, 0.4) is 0 Å². The van der Waals surface area contributed by atoms with E-state index < -0.39 is 11.1 Å². The summed E-state index contributed by atoms with van der Waals surface area (Å²) in [7, 11) is 0. The van der Waals surface area contributed by atoms with Gasteiger partial charge in [-0.2, -0.15) is 9.61 Å². The molecule has 0 saturated heterocycles. The van der Waals surface area contributed by atoms with Gasteiger partial charge in [0.2, 0.25) is 0 Å². The molecule has 36 heavy (non-hydrogen) atoms. The number of fused-ring (bicyclic) bond motifs is 3. The SMILES string of the molecule is Cc1nn2c(ncc3cc(-c4ccccc4)c(-c4ccc(C5(N)CC(O)(C6CC6)C5)cc4)nc32)c1Cl. The molecule has 0 aliphatic heterocycles. The monoisotopic (exact) mass is 495 g/mol. The van der Waals surface area contributed by atoms with Gasteiger partial charge in [0, 0.05) is 28.2 Å². The Morgan fingerprint density at radius 1 is 1.00 bits per heavy atom. The van der Waals surface area contributed by atoms with Gasteiger partial charge in [-0.05, 0) is 55.7 Å². The molecule has 3 N–H and O–H groups in total. The topological polar surface area (TPSA) is 89.3 Å². The normalized spacial score (nSPS) is 23.8. The Labute approximate surface area is 213 Å². The Bertz CT molecular complexity index is 1630. The number of benzene rings is 2. The third-order valence-electron chi connectivity index (χ3n) is 7.92. The first-order valence-electron chi connectivity index (χ1n) is 12.4. The molecule has 5 aromatic rings. The number of aromatic nitrogens is 4. The molecule has 0 unspecified atom stereocenters. The van der Waals surface area contributed by atoms with E-state index in [0.29, 0.717) is 35.1 Å². The molecule has 2 fully saturated rings. The van der Waals surface area contributed by atoms with E-state index in [1.807, 2.05) is 25.1 Å². The number of pyridine rings is 1. The summed E-state index contributed by atoms with van der Waals surface area (Å²) in [5.41, 5.74) is 12.7. The highest BCUT2D eigenvalue weighted by Gasteiger charge is 2.58.